The van der Waals surface area contributed by atoms with Crippen molar-refractivity contribution in [3.63, 3.8) is 0 Å². The molecule has 3 rings (SSSR count). The normalized spacial score (nSPS) is 15.6. The minimum atomic E-state index is -0.443. The molecule has 0 radical (unpaired) electrons. The van der Waals surface area contributed by atoms with Gasteiger partial charge in [-0.25, -0.2) is 0 Å². The Bertz CT molecular complexity index is 951. The highest BCUT2D eigenvalue weighted by atomic mass is 35.5. The van der Waals surface area contributed by atoms with Gasteiger partial charge in [0.1, 0.15) is 5.75 Å². The third-order valence-electron chi connectivity index (χ3n) is 5.27. The van der Waals surface area contributed by atoms with Gasteiger partial charge < -0.3 is 19.9 Å². The van der Waals surface area contributed by atoms with E-state index in [4.69, 9.17) is 16.3 Å². The molecule has 1 N–H and O–H groups in total. The maximum absolute atomic E-state index is 12.8. The largest absolute Gasteiger partial charge is 0.495 e. The van der Waals surface area contributed by atoms with E-state index >= 15 is 0 Å². The zero-order chi connectivity index (χ0) is 22.4. The van der Waals surface area contributed by atoms with Crippen LogP contribution >= 0.6 is 11.6 Å². The number of nitrogens with zero attached hydrogens (tertiary/aromatic N) is 2. The molecule has 0 aliphatic carbocycles. The SMILES string of the molecule is COc1ccc(Cl)cc1NC(=O)CN(C)C(=O)C1CC(=O)N(CCc2ccccc2)C1. The molecule has 0 saturated carbocycles. The number of carbonyl (C=O) groups is 3. The summed E-state index contributed by atoms with van der Waals surface area (Å²) < 4.78 is 5.22. The quantitative estimate of drug-likeness (QED) is 0.680. The van der Waals surface area contributed by atoms with Gasteiger partial charge in [-0.15, -0.1) is 0 Å². The van der Waals surface area contributed by atoms with Gasteiger partial charge in [-0.2, -0.15) is 0 Å². The predicted octanol–water partition coefficient (Wildman–Crippen LogP) is 2.84. The van der Waals surface area contributed by atoms with Crippen LogP contribution in [-0.2, 0) is 20.8 Å². The Balaban J connectivity index is 1.52. The van der Waals surface area contributed by atoms with Crippen molar-refractivity contribution in [2.45, 2.75) is 12.8 Å². The van der Waals surface area contributed by atoms with Crippen LogP contribution in [0.3, 0.4) is 0 Å². The van der Waals surface area contributed by atoms with Crippen LogP contribution in [0.1, 0.15) is 12.0 Å². The molecule has 164 valence electrons. The number of rotatable bonds is 8. The molecule has 2 aromatic rings. The molecule has 0 spiro atoms. The summed E-state index contributed by atoms with van der Waals surface area (Å²) in [6, 6.07) is 14.8. The monoisotopic (exact) mass is 443 g/mol. The first-order chi connectivity index (χ1) is 14.9. The zero-order valence-electron chi connectivity index (χ0n) is 17.6. The number of amides is 3. The lowest BCUT2D eigenvalue weighted by Crippen LogP contribution is -2.39. The van der Waals surface area contributed by atoms with Crippen LogP contribution in [0.5, 0.6) is 5.75 Å². The summed E-state index contributed by atoms with van der Waals surface area (Å²) in [5, 5.41) is 3.17. The van der Waals surface area contributed by atoms with Crippen LogP contribution in [0.2, 0.25) is 5.02 Å². The van der Waals surface area contributed by atoms with Gasteiger partial charge in [-0.1, -0.05) is 41.9 Å². The number of nitrogens with one attached hydrogen (secondary N) is 1. The lowest BCUT2D eigenvalue weighted by Gasteiger charge is -2.21. The number of benzene rings is 2. The Morgan fingerprint density at radius 1 is 1.23 bits per heavy atom. The van der Waals surface area contributed by atoms with Gasteiger partial charge in [-0.3, -0.25) is 14.4 Å². The van der Waals surface area contributed by atoms with Gasteiger partial charge in [0, 0.05) is 31.6 Å². The van der Waals surface area contributed by atoms with Gasteiger partial charge in [0.15, 0.2) is 0 Å². The second-order valence-corrected chi connectivity index (χ2v) is 8.00. The van der Waals surface area contributed by atoms with Crippen molar-refractivity contribution < 1.29 is 19.1 Å². The van der Waals surface area contributed by atoms with E-state index in [9.17, 15) is 14.4 Å². The van der Waals surface area contributed by atoms with Gasteiger partial charge in [-0.05, 0) is 30.2 Å². The molecule has 1 unspecified atom stereocenters. The zero-order valence-corrected chi connectivity index (χ0v) is 18.4. The van der Waals surface area contributed by atoms with E-state index < -0.39 is 5.92 Å². The van der Waals surface area contributed by atoms with Crippen molar-refractivity contribution in [1.82, 2.24) is 9.80 Å². The first-order valence-electron chi connectivity index (χ1n) is 10.1. The molecule has 8 heteroatoms. The summed E-state index contributed by atoms with van der Waals surface area (Å²) in [5.74, 6) is -0.592. The minimum absolute atomic E-state index is 0.0317. The number of halogens is 1. The number of carbonyl (C=O) groups excluding carboxylic acids is 3. The van der Waals surface area contributed by atoms with Crippen LogP contribution in [0.4, 0.5) is 5.69 Å². The number of likely N-dealkylation sites (N-methyl/N-ethyl adjacent to an activating group) is 1. The molecule has 1 aliphatic rings. The first-order valence-corrected chi connectivity index (χ1v) is 10.4. The lowest BCUT2D eigenvalue weighted by molar-refractivity contribution is -0.137. The van der Waals surface area contributed by atoms with Crippen molar-refractivity contribution in [2.75, 3.05) is 39.1 Å². The number of ether oxygens (including phenoxy) is 1. The van der Waals surface area contributed by atoms with Crippen molar-refractivity contribution in [3.05, 3.63) is 59.1 Å². The second-order valence-electron chi connectivity index (χ2n) is 7.56. The van der Waals surface area contributed by atoms with Crippen LogP contribution in [0.15, 0.2) is 48.5 Å². The topological polar surface area (TPSA) is 79.0 Å². The van der Waals surface area contributed by atoms with Crippen LogP contribution < -0.4 is 10.1 Å². The van der Waals surface area contributed by atoms with Crippen molar-refractivity contribution in [3.8, 4) is 5.75 Å². The number of hydrogen-bond donors (Lipinski definition) is 1. The van der Waals surface area contributed by atoms with Crippen molar-refractivity contribution in [1.29, 1.82) is 0 Å². The smallest absolute Gasteiger partial charge is 0.244 e. The van der Waals surface area contributed by atoms with Gasteiger partial charge in [0.25, 0.3) is 0 Å². The third-order valence-corrected chi connectivity index (χ3v) is 5.50. The summed E-state index contributed by atoms with van der Waals surface area (Å²) in [5.41, 5.74) is 1.58. The van der Waals surface area contributed by atoms with Crippen molar-refractivity contribution in [2.24, 2.45) is 5.92 Å². The fourth-order valence-corrected chi connectivity index (χ4v) is 3.81. The average molecular weight is 444 g/mol. The molecule has 31 heavy (non-hydrogen) atoms. The summed E-state index contributed by atoms with van der Waals surface area (Å²) in [7, 11) is 3.06. The van der Waals surface area contributed by atoms with Gasteiger partial charge in [0.05, 0.1) is 25.3 Å². The second kappa shape index (κ2) is 10.3. The molecule has 0 bridgehead atoms. The molecule has 1 atom stereocenters. The van der Waals surface area contributed by atoms with E-state index in [1.54, 1.807) is 30.1 Å². The fourth-order valence-electron chi connectivity index (χ4n) is 3.64. The summed E-state index contributed by atoms with van der Waals surface area (Å²) in [6.07, 6.45) is 0.912. The van der Waals surface area contributed by atoms with Crippen LogP contribution in [0, 0.1) is 5.92 Å². The maximum atomic E-state index is 12.8. The van der Waals surface area contributed by atoms with E-state index in [1.807, 2.05) is 30.3 Å². The van der Waals surface area contributed by atoms with E-state index in [-0.39, 0.29) is 30.7 Å². The fraction of sp³-hybridized carbons (Fsp3) is 0.348. The minimum Gasteiger partial charge on any atom is -0.495 e. The molecule has 1 fully saturated rings. The molecular formula is C23H26ClN3O4. The highest BCUT2D eigenvalue weighted by molar-refractivity contribution is 6.31. The predicted molar refractivity (Wildman–Crippen MR) is 119 cm³/mol. The van der Waals surface area contributed by atoms with Gasteiger partial charge in [0.2, 0.25) is 17.7 Å². The van der Waals surface area contributed by atoms with E-state index in [0.717, 1.165) is 12.0 Å². The molecule has 1 heterocycles. The number of hydrogen-bond acceptors (Lipinski definition) is 4. The molecule has 7 nitrogen and oxygen atoms in total. The van der Waals surface area contributed by atoms with Crippen LogP contribution in [0.25, 0.3) is 0 Å². The Kier molecular flexibility index (Phi) is 7.52. The Labute approximate surface area is 186 Å². The molecule has 1 saturated heterocycles. The molecule has 3 amide bonds. The molecule has 1 aliphatic heterocycles. The lowest BCUT2D eigenvalue weighted by atomic mass is 10.1. The molecular weight excluding hydrogens is 418 g/mol. The standard InChI is InChI=1S/C23H26ClN3O4/c1-26(15-21(28)25-19-13-18(24)8-9-20(19)31-2)23(30)17-12-22(29)27(14-17)11-10-16-6-4-3-5-7-16/h3-9,13,17H,10-12,14-15H2,1-2H3,(H,25,28). The Hall–Kier alpha value is -3.06. The van der Waals surface area contributed by atoms with E-state index in [1.165, 1.54) is 12.0 Å². The number of anilines is 1. The number of methoxy groups -OCH3 is 1. The summed E-state index contributed by atoms with van der Waals surface area (Å²) in [6.45, 7) is 0.813. The summed E-state index contributed by atoms with van der Waals surface area (Å²) in [4.78, 5) is 40.6. The average Bonchev–Trinajstić information content (AvgIpc) is 3.13. The maximum Gasteiger partial charge on any atom is 0.244 e. The van der Waals surface area contributed by atoms with E-state index in [2.05, 4.69) is 5.32 Å². The molecule has 2 aromatic carbocycles. The highest BCUT2D eigenvalue weighted by Crippen LogP contribution is 2.27. The van der Waals surface area contributed by atoms with E-state index in [0.29, 0.717) is 29.5 Å². The van der Waals surface area contributed by atoms with Crippen molar-refractivity contribution >= 4 is 35.0 Å². The Morgan fingerprint density at radius 3 is 2.68 bits per heavy atom. The number of likely N-dealkylation sites (tertiary alicyclic amines) is 1. The summed E-state index contributed by atoms with van der Waals surface area (Å²) >= 11 is 5.98. The highest BCUT2D eigenvalue weighted by Gasteiger charge is 2.35. The Morgan fingerprint density at radius 2 is 1.97 bits per heavy atom. The molecule has 0 aromatic heterocycles. The third kappa shape index (κ3) is 5.98. The first kappa shape index (κ1) is 22.6. The van der Waals surface area contributed by atoms with Gasteiger partial charge >= 0.3 is 0 Å². The van der Waals surface area contributed by atoms with Crippen LogP contribution in [-0.4, -0.2) is 61.3 Å².